The molecule has 3 amide bonds. The summed E-state index contributed by atoms with van der Waals surface area (Å²) in [5.41, 5.74) is 7.80. The molecule has 0 spiro atoms. The summed E-state index contributed by atoms with van der Waals surface area (Å²) in [5, 5.41) is 29.2. The first-order chi connectivity index (χ1) is 25.5. The molecule has 0 unspecified atom stereocenters. The van der Waals surface area contributed by atoms with Crippen molar-refractivity contribution in [2.24, 2.45) is 0 Å². The second-order valence-corrected chi connectivity index (χ2v) is 13.5. The van der Waals surface area contributed by atoms with Gasteiger partial charge in [-0.2, -0.15) is 10.4 Å². The van der Waals surface area contributed by atoms with E-state index >= 15 is 0 Å². The van der Waals surface area contributed by atoms with Crippen LogP contribution in [-0.4, -0.2) is 97.9 Å². The van der Waals surface area contributed by atoms with E-state index in [0.29, 0.717) is 67.3 Å². The first-order valence-corrected chi connectivity index (χ1v) is 17.7. The Kier molecular flexibility index (Phi) is 12.6. The molecule has 1 aliphatic heterocycles. The minimum Gasteiger partial charge on any atom is -0.465 e. The van der Waals surface area contributed by atoms with Crippen LogP contribution in [-0.2, 0) is 9.59 Å². The number of nitrogens with one attached hydrogen (secondary N) is 2. The highest BCUT2D eigenvalue weighted by Gasteiger charge is 2.29. The van der Waals surface area contributed by atoms with Crippen LogP contribution in [0.25, 0.3) is 22.3 Å². The number of fused-ring (bicyclic) bond motifs is 1. The number of nitrogens with zero attached hydrogens (tertiary/aromatic N) is 7. The second-order valence-electron chi connectivity index (χ2n) is 13.5. The average molecular weight is 723 g/mol. The third kappa shape index (κ3) is 9.86. The predicted molar refractivity (Wildman–Crippen MR) is 200 cm³/mol. The number of para-hydroxylation sites is 1. The van der Waals surface area contributed by atoms with Gasteiger partial charge in [0.05, 0.1) is 11.4 Å². The van der Waals surface area contributed by atoms with E-state index in [2.05, 4.69) is 20.6 Å². The fourth-order valence-electron chi connectivity index (χ4n) is 6.25. The maximum atomic E-state index is 13.3. The summed E-state index contributed by atoms with van der Waals surface area (Å²) in [4.78, 5) is 49.4. The van der Waals surface area contributed by atoms with E-state index in [1.807, 2.05) is 96.0 Å². The van der Waals surface area contributed by atoms with Crippen molar-refractivity contribution >= 4 is 34.8 Å². The van der Waals surface area contributed by atoms with Gasteiger partial charge < -0.3 is 31.1 Å². The molecule has 3 heterocycles. The number of hydrogen-bond acceptors (Lipinski definition) is 10. The quantitative estimate of drug-likeness (QED) is 0.0749. The van der Waals surface area contributed by atoms with Gasteiger partial charge in [0.25, 0.3) is 5.91 Å². The molecule has 5 rings (SSSR count). The number of nitriles is 1. The number of likely N-dealkylation sites (N-methyl/N-ethyl adjacent to an activating group) is 1. The van der Waals surface area contributed by atoms with E-state index in [0.717, 1.165) is 24.2 Å². The number of rotatable bonds is 15. The lowest BCUT2D eigenvalue weighted by Crippen LogP contribution is -2.42. The van der Waals surface area contributed by atoms with E-state index in [9.17, 15) is 19.6 Å². The molecule has 1 fully saturated rings. The van der Waals surface area contributed by atoms with Crippen LogP contribution < -0.4 is 21.1 Å². The first kappa shape index (κ1) is 38.2. The molecule has 1 saturated heterocycles. The molecule has 15 nitrogen and oxygen atoms in total. The minimum atomic E-state index is -1.08. The normalized spacial score (nSPS) is 14.9. The molecule has 4 aromatic rings. The van der Waals surface area contributed by atoms with Crippen molar-refractivity contribution in [3.63, 3.8) is 0 Å². The summed E-state index contributed by atoms with van der Waals surface area (Å²) < 4.78 is 7.82. The molecule has 2 aromatic heterocycles. The second kappa shape index (κ2) is 17.5. The molecule has 1 atom stereocenters. The number of hydrogen-bond donors (Lipinski definition) is 4. The smallest absolute Gasteiger partial charge is 0.404 e. The van der Waals surface area contributed by atoms with Crippen molar-refractivity contribution < 1.29 is 24.2 Å². The fraction of sp³-hybridized carbons (Fsp3) is 0.395. The molecule has 5 N–H and O–H groups in total. The Balaban J connectivity index is 1.17. The predicted octanol–water partition coefficient (Wildman–Crippen LogP) is 4.75. The van der Waals surface area contributed by atoms with Crippen molar-refractivity contribution in [1.29, 1.82) is 5.26 Å². The molecule has 53 heavy (non-hydrogen) atoms. The van der Waals surface area contributed by atoms with Crippen molar-refractivity contribution in [3.05, 3.63) is 72.6 Å². The monoisotopic (exact) mass is 722 g/mol. The molecule has 278 valence electrons. The van der Waals surface area contributed by atoms with Gasteiger partial charge in [-0.3, -0.25) is 14.5 Å². The van der Waals surface area contributed by atoms with E-state index in [1.165, 1.54) is 6.33 Å². The number of likely N-dealkylation sites (tertiary alicyclic amines) is 1. The highest BCUT2D eigenvalue weighted by molar-refractivity contribution is 5.98. The van der Waals surface area contributed by atoms with Gasteiger partial charge in [0.15, 0.2) is 5.65 Å². The van der Waals surface area contributed by atoms with Crippen LogP contribution in [0.3, 0.4) is 0 Å². The summed E-state index contributed by atoms with van der Waals surface area (Å²) >= 11 is 0. The van der Waals surface area contributed by atoms with Gasteiger partial charge in [-0.15, -0.1) is 0 Å². The SMILES string of the molecule is CN(CCCNC(=O)O)C(C)(C)/C=C(\C#N)C(=O)NCCCC(=O)N1CCC[C@H](n2nc(-c3ccc(Oc4ccccc4)cc3)c3c(N)ncnc32)C1. The summed E-state index contributed by atoms with van der Waals surface area (Å²) in [6.07, 6.45) is 4.75. The number of nitrogen functional groups attached to an aromatic ring is 1. The van der Waals surface area contributed by atoms with Crippen molar-refractivity contribution in [2.45, 2.75) is 57.5 Å². The zero-order valence-corrected chi connectivity index (χ0v) is 30.3. The topological polar surface area (TPSA) is 205 Å². The molecular weight excluding hydrogens is 676 g/mol. The Bertz CT molecular complexity index is 1970. The van der Waals surface area contributed by atoms with Crippen molar-refractivity contribution in [1.82, 2.24) is 40.2 Å². The van der Waals surface area contributed by atoms with Crippen LogP contribution in [0.4, 0.5) is 10.6 Å². The number of carbonyl (C=O) groups excluding carboxylic acids is 2. The van der Waals surface area contributed by atoms with Gasteiger partial charge in [-0.1, -0.05) is 18.2 Å². The van der Waals surface area contributed by atoms with Gasteiger partial charge in [0.1, 0.15) is 41.0 Å². The fourth-order valence-corrected chi connectivity index (χ4v) is 6.25. The standard InChI is InChI=1S/C38H46N10O5/c1-38(2,46(3)20-9-19-42-37(51)52)22-27(23-39)36(50)41-18-7-13-31(49)47-21-8-10-28(24-47)48-35-32(34(40)43-25-44-35)33(45-48)26-14-16-30(17-15-26)53-29-11-5-4-6-12-29/h4-6,11-12,14-17,22,25,28,42H,7-10,13,18-21,24H2,1-3H3,(H,41,50)(H,51,52)(H2,40,43,44)/b27-22+/t28-/m0/s1. The van der Waals surface area contributed by atoms with Crippen LogP contribution in [0.2, 0.25) is 0 Å². The number of aromatic nitrogens is 4. The van der Waals surface area contributed by atoms with E-state index in [-0.39, 0.29) is 30.5 Å². The summed E-state index contributed by atoms with van der Waals surface area (Å²) in [5.74, 6) is 1.21. The lowest BCUT2D eigenvalue weighted by Gasteiger charge is -2.33. The number of carbonyl (C=O) groups is 3. The maximum absolute atomic E-state index is 13.3. The summed E-state index contributed by atoms with van der Waals surface area (Å²) in [7, 11) is 1.85. The lowest BCUT2D eigenvalue weighted by atomic mass is 9.99. The molecule has 1 aliphatic rings. The number of benzene rings is 2. The number of anilines is 1. The molecular formula is C38H46N10O5. The van der Waals surface area contributed by atoms with Crippen molar-refractivity contribution in [3.8, 4) is 28.8 Å². The largest absolute Gasteiger partial charge is 0.465 e. The molecule has 0 saturated carbocycles. The Morgan fingerprint density at radius 2 is 1.79 bits per heavy atom. The Hall–Kier alpha value is -6.01. The zero-order chi connectivity index (χ0) is 38.0. The van der Waals surface area contributed by atoms with Gasteiger partial charge in [-0.05, 0) is 89.1 Å². The third-order valence-corrected chi connectivity index (χ3v) is 9.37. The Morgan fingerprint density at radius 1 is 1.08 bits per heavy atom. The number of piperidine rings is 1. The highest BCUT2D eigenvalue weighted by Crippen LogP contribution is 2.35. The zero-order valence-electron chi connectivity index (χ0n) is 30.3. The van der Waals surface area contributed by atoms with E-state index in [1.54, 1.807) is 6.08 Å². The van der Waals surface area contributed by atoms with E-state index in [4.69, 9.17) is 20.7 Å². The summed E-state index contributed by atoms with van der Waals surface area (Å²) in [6.45, 7) is 5.91. The number of carboxylic acid groups (broad SMARTS) is 1. The molecule has 2 aromatic carbocycles. The van der Waals surface area contributed by atoms with Crippen LogP contribution in [0.5, 0.6) is 11.5 Å². The number of amides is 3. The van der Waals surface area contributed by atoms with Gasteiger partial charge >= 0.3 is 6.09 Å². The summed E-state index contributed by atoms with van der Waals surface area (Å²) in [6, 6.07) is 19.0. The number of ether oxygens (including phenoxy) is 1. The van der Waals surface area contributed by atoms with Crippen LogP contribution in [0, 0.1) is 11.3 Å². The van der Waals surface area contributed by atoms with Crippen LogP contribution in [0.1, 0.15) is 52.0 Å². The Labute approximate surface area is 308 Å². The minimum absolute atomic E-state index is 0.0255. The van der Waals surface area contributed by atoms with E-state index < -0.39 is 17.5 Å². The highest BCUT2D eigenvalue weighted by atomic mass is 16.5. The van der Waals surface area contributed by atoms with Crippen LogP contribution in [0.15, 0.2) is 72.6 Å². The molecule has 15 heteroatoms. The van der Waals surface area contributed by atoms with Gasteiger partial charge in [-0.25, -0.2) is 19.4 Å². The Morgan fingerprint density at radius 3 is 2.51 bits per heavy atom. The van der Waals surface area contributed by atoms with Crippen molar-refractivity contribution in [2.75, 3.05) is 45.5 Å². The molecule has 0 aliphatic carbocycles. The van der Waals surface area contributed by atoms with Gasteiger partial charge in [0.2, 0.25) is 5.91 Å². The van der Waals surface area contributed by atoms with Gasteiger partial charge in [0, 0.05) is 50.2 Å². The lowest BCUT2D eigenvalue weighted by molar-refractivity contribution is -0.133. The van der Waals surface area contributed by atoms with Crippen LogP contribution >= 0.6 is 0 Å². The third-order valence-electron chi connectivity index (χ3n) is 9.37. The first-order valence-electron chi connectivity index (χ1n) is 17.7. The molecule has 0 bridgehead atoms. The number of nitrogens with two attached hydrogens (primary N) is 1. The maximum Gasteiger partial charge on any atom is 0.404 e. The molecule has 0 radical (unpaired) electrons. The average Bonchev–Trinajstić information content (AvgIpc) is 3.55.